The summed E-state index contributed by atoms with van der Waals surface area (Å²) in [5, 5.41) is 7.93. The van der Waals surface area contributed by atoms with Crippen molar-refractivity contribution < 1.29 is 4.79 Å². The number of carbonyl (C=O) groups is 1. The number of hydrogen-bond acceptors (Lipinski definition) is 6. The number of aryl methyl sites for hydroxylation is 1. The number of anilines is 2. The zero-order valence-corrected chi connectivity index (χ0v) is 12.4. The molecule has 22 heavy (non-hydrogen) atoms. The minimum Gasteiger partial charge on any atom is -0.364 e. The van der Waals surface area contributed by atoms with Gasteiger partial charge in [0.15, 0.2) is 11.5 Å². The number of primary amides is 1. The predicted octanol–water partition coefficient (Wildman–Crippen LogP) is 0.606. The van der Waals surface area contributed by atoms with Crippen LogP contribution < -0.4 is 15.5 Å². The Bertz CT molecular complexity index is 664. The number of hydrogen-bond donors (Lipinski definition) is 1. The van der Waals surface area contributed by atoms with E-state index in [2.05, 4.69) is 38.0 Å². The first-order valence-corrected chi connectivity index (χ1v) is 7.19. The van der Waals surface area contributed by atoms with Crippen LogP contribution >= 0.6 is 0 Å². The average Bonchev–Trinajstić information content (AvgIpc) is 2.55. The molecule has 3 heterocycles. The van der Waals surface area contributed by atoms with E-state index in [0.29, 0.717) is 0 Å². The largest absolute Gasteiger partial charge is 0.364 e. The second kappa shape index (κ2) is 5.97. The highest BCUT2D eigenvalue weighted by atomic mass is 16.1. The summed E-state index contributed by atoms with van der Waals surface area (Å²) in [5.74, 6) is 1.21. The van der Waals surface area contributed by atoms with E-state index in [1.165, 1.54) is 5.56 Å². The molecule has 1 saturated heterocycles. The van der Waals surface area contributed by atoms with Gasteiger partial charge in [0.05, 0.1) is 0 Å². The highest BCUT2D eigenvalue weighted by Gasteiger charge is 2.19. The third-order valence-corrected chi connectivity index (χ3v) is 3.73. The van der Waals surface area contributed by atoms with Crippen LogP contribution in [0.4, 0.5) is 11.6 Å². The van der Waals surface area contributed by atoms with Gasteiger partial charge in [-0.25, -0.2) is 4.98 Å². The molecule has 3 rings (SSSR count). The van der Waals surface area contributed by atoms with Crippen LogP contribution in [0.5, 0.6) is 0 Å². The summed E-state index contributed by atoms with van der Waals surface area (Å²) in [4.78, 5) is 19.8. The van der Waals surface area contributed by atoms with Gasteiger partial charge in [0.1, 0.15) is 5.82 Å². The molecule has 114 valence electrons. The first kappa shape index (κ1) is 14.2. The monoisotopic (exact) mass is 298 g/mol. The number of carbonyl (C=O) groups excluding carboxylic acids is 1. The van der Waals surface area contributed by atoms with Crippen LogP contribution in [0, 0.1) is 6.92 Å². The molecule has 0 aromatic carbocycles. The molecule has 1 aliphatic heterocycles. The summed E-state index contributed by atoms with van der Waals surface area (Å²) in [5.41, 5.74) is 6.56. The fourth-order valence-corrected chi connectivity index (χ4v) is 2.48. The van der Waals surface area contributed by atoms with Crippen molar-refractivity contribution in [3.63, 3.8) is 0 Å². The topological polar surface area (TPSA) is 88.2 Å². The first-order chi connectivity index (χ1) is 10.6. The van der Waals surface area contributed by atoms with Crippen LogP contribution in [0.25, 0.3) is 0 Å². The van der Waals surface area contributed by atoms with E-state index in [0.717, 1.165) is 37.8 Å². The molecule has 0 spiro atoms. The Balaban J connectivity index is 1.65. The van der Waals surface area contributed by atoms with Crippen molar-refractivity contribution in [2.45, 2.75) is 6.92 Å². The molecule has 1 aliphatic rings. The Morgan fingerprint density at radius 2 is 1.73 bits per heavy atom. The van der Waals surface area contributed by atoms with E-state index in [1.54, 1.807) is 12.1 Å². The lowest BCUT2D eigenvalue weighted by Gasteiger charge is -2.35. The summed E-state index contributed by atoms with van der Waals surface area (Å²) in [6.45, 7) is 5.48. The van der Waals surface area contributed by atoms with Gasteiger partial charge in [-0.05, 0) is 36.8 Å². The Morgan fingerprint density at radius 3 is 2.27 bits per heavy atom. The van der Waals surface area contributed by atoms with Gasteiger partial charge < -0.3 is 15.5 Å². The molecule has 2 aromatic rings. The van der Waals surface area contributed by atoms with Crippen LogP contribution in [0.15, 0.2) is 30.5 Å². The normalized spacial score (nSPS) is 15.0. The van der Waals surface area contributed by atoms with Crippen LogP contribution in [0.1, 0.15) is 16.1 Å². The Morgan fingerprint density at radius 1 is 1.05 bits per heavy atom. The highest BCUT2D eigenvalue weighted by Crippen LogP contribution is 2.17. The molecule has 1 fully saturated rings. The molecule has 0 bridgehead atoms. The number of piperazine rings is 1. The molecule has 2 aromatic heterocycles. The van der Waals surface area contributed by atoms with Crippen LogP contribution in [-0.2, 0) is 0 Å². The first-order valence-electron chi connectivity index (χ1n) is 7.19. The maximum Gasteiger partial charge on any atom is 0.269 e. The number of rotatable bonds is 3. The Labute approximate surface area is 128 Å². The molecule has 0 aliphatic carbocycles. The third kappa shape index (κ3) is 2.98. The molecule has 7 nitrogen and oxygen atoms in total. The minimum absolute atomic E-state index is 0.186. The summed E-state index contributed by atoms with van der Waals surface area (Å²) in [7, 11) is 0. The van der Waals surface area contributed by atoms with Crippen LogP contribution in [0.3, 0.4) is 0 Å². The van der Waals surface area contributed by atoms with E-state index in [9.17, 15) is 4.79 Å². The average molecular weight is 298 g/mol. The quantitative estimate of drug-likeness (QED) is 0.893. The SMILES string of the molecule is Cc1ccnc(N2CCN(c3ccc(C(N)=O)nn3)CC2)c1. The van der Waals surface area contributed by atoms with Crippen LogP contribution in [-0.4, -0.2) is 47.3 Å². The zero-order chi connectivity index (χ0) is 15.5. The number of aromatic nitrogens is 3. The number of nitrogens with zero attached hydrogens (tertiary/aromatic N) is 5. The summed E-state index contributed by atoms with van der Waals surface area (Å²) >= 11 is 0. The highest BCUT2D eigenvalue weighted by molar-refractivity contribution is 5.90. The van der Waals surface area contributed by atoms with Gasteiger partial charge >= 0.3 is 0 Å². The summed E-state index contributed by atoms with van der Waals surface area (Å²) in [6, 6.07) is 7.49. The van der Waals surface area contributed by atoms with Gasteiger partial charge in [-0.1, -0.05) is 0 Å². The molecular weight excluding hydrogens is 280 g/mol. The molecule has 1 amide bonds. The Hall–Kier alpha value is -2.70. The Kier molecular flexibility index (Phi) is 3.86. The van der Waals surface area contributed by atoms with E-state index in [4.69, 9.17) is 5.73 Å². The standard InChI is InChI=1S/C15H18N6O/c1-11-4-5-17-14(10-11)21-8-6-20(7-9-21)13-3-2-12(15(16)22)18-19-13/h2-5,10H,6-9H2,1H3,(H2,16,22). The van der Waals surface area contributed by atoms with Gasteiger partial charge in [-0.15, -0.1) is 10.2 Å². The van der Waals surface area contributed by atoms with Crippen molar-refractivity contribution in [3.05, 3.63) is 41.7 Å². The predicted molar refractivity (Wildman–Crippen MR) is 83.9 cm³/mol. The molecule has 0 unspecified atom stereocenters. The van der Waals surface area contributed by atoms with Crippen molar-refractivity contribution in [1.82, 2.24) is 15.2 Å². The minimum atomic E-state index is -0.561. The molecule has 2 N–H and O–H groups in total. The molecular formula is C15H18N6O. The van der Waals surface area contributed by atoms with E-state index < -0.39 is 5.91 Å². The van der Waals surface area contributed by atoms with Crippen molar-refractivity contribution >= 4 is 17.5 Å². The fraction of sp³-hybridized carbons (Fsp3) is 0.333. The van der Waals surface area contributed by atoms with Crippen molar-refractivity contribution in [2.24, 2.45) is 5.73 Å². The van der Waals surface area contributed by atoms with Gasteiger partial charge in [-0.2, -0.15) is 0 Å². The lowest BCUT2D eigenvalue weighted by molar-refractivity contribution is 0.0994. The smallest absolute Gasteiger partial charge is 0.269 e. The van der Waals surface area contributed by atoms with E-state index in [-0.39, 0.29) is 5.69 Å². The maximum absolute atomic E-state index is 11.0. The fourth-order valence-electron chi connectivity index (χ4n) is 2.48. The van der Waals surface area contributed by atoms with Gasteiger partial charge in [0, 0.05) is 32.4 Å². The van der Waals surface area contributed by atoms with Gasteiger partial charge in [-0.3, -0.25) is 4.79 Å². The second-order valence-electron chi connectivity index (χ2n) is 5.31. The number of pyridine rings is 1. The zero-order valence-electron chi connectivity index (χ0n) is 12.4. The molecule has 7 heteroatoms. The molecule has 0 saturated carbocycles. The summed E-state index contributed by atoms with van der Waals surface area (Å²) < 4.78 is 0. The number of nitrogens with two attached hydrogens (primary N) is 1. The van der Waals surface area contributed by atoms with Gasteiger partial charge in [0.25, 0.3) is 5.91 Å². The molecule has 0 radical (unpaired) electrons. The van der Waals surface area contributed by atoms with Crippen molar-refractivity contribution in [1.29, 1.82) is 0 Å². The van der Waals surface area contributed by atoms with E-state index in [1.807, 2.05) is 12.3 Å². The lowest BCUT2D eigenvalue weighted by Crippen LogP contribution is -2.47. The van der Waals surface area contributed by atoms with Crippen LogP contribution in [0.2, 0.25) is 0 Å². The second-order valence-corrected chi connectivity index (χ2v) is 5.31. The maximum atomic E-state index is 11.0. The number of amides is 1. The van der Waals surface area contributed by atoms with Crippen molar-refractivity contribution in [3.8, 4) is 0 Å². The van der Waals surface area contributed by atoms with Gasteiger partial charge in [0.2, 0.25) is 0 Å². The summed E-state index contributed by atoms with van der Waals surface area (Å²) in [6.07, 6.45) is 1.84. The van der Waals surface area contributed by atoms with E-state index >= 15 is 0 Å². The third-order valence-electron chi connectivity index (χ3n) is 3.73. The molecule has 0 atom stereocenters. The van der Waals surface area contributed by atoms with Crippen molar-refractivity contribution in [2.75, 3.05) is 36.0 Å². The lowest BCUT2D eigenvalue weighted by atomic mass is 10.2.